The first kappa shape index (κ1) is 20.0. The number of hydrogen-bond donors (Lipinski definition) is 1. The smallest absolute Gasteiger partial charge is 0.161 e. The predicted molar refractivity (Wildman–Crippen MR) is 103 cm³/mol. The van der Waals surface area contributed by atoms with E-state index in [0.29, 0.717) is 45.5 Å². The lowest BCUT2D eigenvalue weighted by Crippen LogP contribution is -2.11. The number of nitrogens with one attached hydrogen (secondary N) is 1. The van der Waals surface area contributed by atoms with Gasteiger partial charge >= 0.3 is 0 Å². The fourth-order valence-electron chi connectivity index (χ4n) is 2.22. The molecular formula is C18H20Cl3NO3. The molecule has 0 radical (unpaired) electrons. The molecule has 0 aliphatic carbocycles. The van der Waals surface area contributed by atoms with Gasteiger partial charge < -0.3 is 19.5 Å². The van der Waals surface area contributed by atoms with E-state index in [4.69, 9.17) is 49.0 Å². The van der Waals surface area contributed by atoms with Crippen LogP contribution in [0, 0.1) is 0 Å². The van der Waals surface area contributed by atoms with E-state index >= 15 is 0 Å². The normalized spacial score (nSPS) is 10.6. The lowest BCUT2D eigenvalue weighted by atomic mass is 10.2. The third kappa shape index (κ3) is 5.86. The largest absolute Gasteiger partial charge is 0.490 e. The summed E-state index contributed by atoms with van der Waals surface area (Å²) in [5.74, 6) is 1.77. The van der Waals surface area contributed by atoms with Crippen molar-refractivity contribution in [3.05, 3.63) is 51.0 Å². The molecule has 0 fully saturated rings. The van der Waals surface area contributed by atoms with E-state index in [2.05, 4.69) is 5.32 Å². The molecule has 0 aliphatic heterocycles. The Kier molecular flexibility index (Phi) is 7.97. The van der Waals surface area contributed by atoms with Crippen molar-refractivity contribution in [1.29, 1.82) is 0 Å². The van der Waals surface area contributed by atoms with Crippen molar-refractivity contribution in [2.24, 2.45) is 0 Å². The molecule has 0 amide bonds. The lowest BCUT2D eigenvalue weighted by molar-refractivity contribution is 0.208. The maximum absolute atomic E-state index is 6.08. The van der Waals surface area contributed by atoms with Gasteiger partial charge in [0.1, 0.15) is 13.2 Å². The molecule has 0 spiro atoms. The number of rotatable bonds is 9. The minimum atomic E-state index is 0.283. The highest BCUT2D eigenvalue weighted by Gasteiger charge is 2.10. The van der Waals surface area contributed by atoms with Gasteiger partial charge in [0, 0.05) is 11.6 Å². The maximum atomic E-state index is 6.08. The number of benzene rings is 2. The standard InChI is InChI=1S/C18H20Cl3NO3/c1-3-23-17-8-12(11-22-2)4-5-16(17)24-6-7-25-18-14(20)9-13(19)10-15(18)21/h4-5,8-10,22H,3,6-7,11H2,1-2H3. The molecule has 2 aromatic rings. The number of hydrogen-bond acceptors (Lipinski definition) is 4. The SMILES string of the molecule is CCOc1cc(CNC)ccc1OCCOc1c(Cl)cc(Cl)cc1Cl. The molecule has 2 rings (SSSR count). The van der Waals surface area contributed by atoms with Crippen LogP contribution in [0.25, 0.3) is 0 Å². The van der Waals surface area contributed by atoms with Gasteiger partial charge in [0.2, 0.25) is 0 Å². The second kappa shape index (κ2) is 9.97. The molecule has 1 N–H and O–H groups in total. The molecule has 0 aliphatic rings. The predicted octanol–water partition coefficient (Wildman–Crippen LogP) is 5.22. The minimum Gasteiger partial charge on any atom is -0.490 e. The molecule has 0 saturated carbocycles. The first-order valence-corrected chi connectivity index (χ1v) is 8.99. The molecule has 0 saturated heterocycles. The highest BCUT2D eigenvalue weighted by Crippen LogP contribution is 2.35. The molecule has 2 aromatic carbocycles. The topological polar surface area (TPSA) is 39.7 Å². The molecule has 4 nitrogen and oxygen atoms in total. The van der Waals surface area contributed by atoms with E-state index in [1.807, 2.05) is 32.2 Å². The van der Waals surface area contributed by atoms with E-state index in [1.54, 1.807) is 12.1 Å². The van der Waals surface area contributed by atoms with Crippen molar-refractivity contribution in [3.8, 4) is 17.2 Å². The Balaban J connectivity index is 1.95. The summed E-state index contributed by atoms with van der Waals surface area (Å²) in [6, 6.07) is 9.00. The van der Waals surface area contributed by atoms with Crippen molar-refractivity contribution in [2.75, 3.05) is 26.9 Å². The fraction of sp³-hybridized carbons (Fsp3) is 0.333. The second-order valence-corrected chi connectivity index (χ2v) is 6.39. The van der Waals surface area contributed by atoms with E-state index in [-0.39, 0.29) is 6.61 Å². The van der Waals surface area contributed by atoms with Gasteiger partial charge in [0.05, 0.1) is 16.7 Å². The van der Waals surface area contributed by atoms with Crippen LogP contribution in [0.15, 0.2) is 30.3 Å². The summed E-state index contributed by atoms with van der Waals surface area (Å²) in [7, 11) is 1.90. The Morgan fingerprint density at radius 3 is 2.20 bits per heavy atom. The Hall–Kier alpha value is -1.33. The average molecular weight is 405 g/mol. The van der Waals surface area contributed by atoms with Crippen LogP contribution < -0.4 is 19.5 Å². The van der Waals surface area contributed by atoms with Gasteiger partial charge in [-0.25, -0.2) is 0 Å². The second-order valence-electron chi connectivity index (χ2n) is 5.14. The Morgan fingerprint density at radius 2 is 1.56 bits per heavy atom. The summed E-state index contributed by atoms with van der Waals surface area (Å²) in [6.45, 7) is 3.86. The summed E-state index contributed by atoms with van der Waals surface area (Å²) in [4.78, 5) is 0. The fourth-order valence-corrected chi connectivity index (χ4v) is 3.14. The summed E-state index contributed by atoms with van der Waals surface area (Å²) in [5, 5.41) is 4.30. The highest BCUT2D eigenvalue weighted by atomic mass is 35.5. The van der Waals surface area contributed by atoms with Gasteiger partial charge in [0.15, 0.2) is 17.2 Å². The molecule has 0 bridgehead atoms. The van der Waals surface area contributed by atoms with E-state index in [1.165, 1.54) is 0 Å². The summed E-state index contributed by atoms with van der Waals surface area (Å²) < 4.78 is 17.0. The van der Waals surface area contributed by atoms with E-state index in [9.17, 15) is 0 Å². The third-order valence-electron chi connectivity index (χ3n) is 3.24. The van der Waals surface area contributed by atoms with Crippen LogP contribution in [0.3, 0.4) is 0 Å². The van der Waals surface area contributed by atoms with Crippen molar-refractivity contribution in [3.63, 3.8) is 0 Å². The van der Waals surface area contributed by atoms with Crippen LogP contribution in [-0.2, 0) is 6.54 Å². The average Bonchev–Trinajstić information content (AvgIpc) is 2.55. The Morgan fingerprint density at radius 1 is 0.880 bits per heavy atom. The van der Waals surface area contributed by atoms with Gasteiger partial charge in [-0.1, -0.05) is 40.9 Å². The summed E-state index contributed by atoms with van der Waals surface area (Å²) >= 11 is 18.0. The molecule has 0 aromatic heterocycles. The van der Waals surface area contributed by atoms with Crippen LogP contribution in [0.4, 0.5) is 0 Å². The van der Waals surface area contributed by atoms with Crippen LogP contribution in [0.5, 0.6) is 17.2 Å². The molecule has 0 unspecified atom stereocenters. The molecule has 136 valence electrons. The molecule has 7 heteroatoms. The number of halogens is 3. The first-order valence-electron chi connectivity index (χ1n) is 7.85. The maximum Gasteiger partial charge on any atom is 0.161 e. The van der Waals surface area contributed by atoms with Crippen LogP contribution in [0.1, 0.15) is 12.5 Å². The van der Waals surface area contributed by atoms with Crippen LogP contribution >= 0.6 is 34.8 Å². The Labute approximate surface area is 162 Å². The van der Waals surface area contributed by atoms with Crippen molar-refractivity contribution >= 4 is 34.8 Å². The summed E-state index contributed by atoms with van der Waals surface area (Å²) in [5.41, 5.74) is 1.12. The minimum absolute atomic E-state index is 0.283. The quantitative estimate of drug-likeness (QED) is 0.581. The zero-order valence-electron chi connectivity index (χ0n) is 14.1. The highest BCUT2D eigenvalue weighted by molar-refractivity contribution is 6.40. The van der Waals surface area contributed by atoms with Crippen molar-refractivity contribution in [2.45, 2.75) is 13.5 Å². The molecule has 25 heavy (non-hydrogen) atoms. The van der Waals surface area contributed by atoms with E-state index < -0.39 is 0 Å². The van der Waals surface area contributed by atoms with Gasteiger partial charge in [0.25, 0.3) is 0 Å². The van der Waals surface area contributed by atoms with Crippen molar-refractivity contribution in [1.82, 2.24) is 5.32 Å². The lowest BCUT2D eigenvalue weighted by Gasteiger charge is -2.14. The van der Waals surface area contributed by atoms with Crippen LogP contribution in [-0.4, -0.2) is 26.9 Å². The number of ether oxygens (including phenoxy) is 3. The summed E-state index contributed by atoms with van der Waals surface area (Å²) in [6.07, 6.45) is 0. The third-order valence-corrected chi connectivity index (χ3v) is 4.02. The van der Waals surface area contributed by atoms with Crippen LogP contribution in [0.2, 0.25) is 15.1 Å². The Bertz CT molecular complexity index is 687. The molecule has 0 heterocycles. The van der Waals surface area contributed by atoms with Gasteiger partial charge in [-0.2, -0.15) is 0 Å². The zero-order chi connectivity index (χ0) is 18.2. The van der Waals surface area contributed by atoms with Gasteiger partial charge in [-0.05, 0) is 43.8 Å². The molecule has 0 atom stereocenters. The van der Waals surface area contributed by atoms with Gasteiger partial charge in [-0.3, -0.25) is 0 Å². The van der Waals surface area contributed by atoms with E-state index in [0.717, 1.165) is 12.1 Å². The monoisotopic (exact) mass is 403 g/mol. The van der Waals surface area contributed by atoms with Crippen molar-refractivity contribution < 1.29 is 14.2 Å². The first-order chi connectivity index (χ1) is 12.0. The zero-order valence-corrected chi connectivity index (χ0v) is 16.3. The van der Waals surface area contributed by atoms with Gasteiger partial charge in [-0.15, -0.1) is 0 Å². The molecular weight excluding hydrogens is 385 g/mol.